The largest absolute Gasteiger partial charge is 0.495 e. The molecule has 5 nitrogen and oxygen atoms in total. The van der Waals surface area contributed by atoms with Crippen molar-refractivity contribution in [3.8, 4) is 5.75 Å². The van der Waals surface area contributed by atoms with Crippen molar-refractivity contribution < 1.29 is 9.53 Å². The molecule has 0 aliphatic rings. The van der Waals surface area contributed by atoms with E-state index < -0.39 is 5.91 Å². The maximum Gasteiger partial charge on any atom is 0.261 e. The summed E-state index contributed by atoms with van der Waals surface area (Å²) >= 11 is 6.05. The van der Waals surface area contributed by atoms with Crippen LogP contribution in [-0.2, 0) is 7.05 Å². The van der Waals surface area contributed by atoms with Crippen LogP contribution < -0.4 is 15.5 Å². The average molecular weight is 343 g/mol. The Labute approximate surface area is 143 Å². The number of para-hydroxylation sites is 2. The number of anilines is 1. The van der Waals surface area contributed by atoms with Gasteiger partial charge < -0.3 is 14.6 Å². The summed E-state index contributed by atoms with van der Waals surface area (Å²) in [4.78, 5) is 25.2. The van der Waals surface area contributed by atoms with Gasteiger partial charge in [-0.25, -0.2) is 0 Å². The molecule has 1 amide bonds. The van der Waals surface area contributed by atoms with Gasteiger partial charge in [0.1, 0.15) is 11.3 Å². The molecule has 0 aliphatic carbocycles. The van der Waals surface area contributed by atoms with Crippen LogP contribution in [0.3, 0.4) is 0 Å². The third kappa shape index (κ3) is 2.74. The molecule has 3 rings (SSSR count). The Morgan fingerprint density at radius 2 is 1.92 bits per heavy atom. The second kappa shape index (κ2) is 6.37. The van der Waals surface area contributed by atoms with Crippen LogP contribution >= 0.6 is 11.6 Å². The van der Waals surface area contributed by atoms with Crippen LogP contribution in [-0.4, -0.2) is 17.6 Å². The van der Waals surface area contributed by atoms with E-state index in [0.29, 0.717) is 27.4 Å². The molecule has 24 heavy (non-hydrogen) atoms. The lowest BCUT2D eigenvalue weighted by molar-refractivity contribution is 0.102. The fourth-order valence-electron chi connectivity index (χ4n) is 2.61. The van der Waals surface area contributed by atoms with Gasteiger partial charge in [0.2, 0.25) is 5.43 Å². The molecule has 0 spiro atoms. The van der Waals surface area contributed by atoms with E-state index in [9.17, 15) is 9.59 Å². The van der Waals surface area contributed by atoms with Gasteiger partial charge in [-0.05, 0) is 24.3 Å². The Morgan fingerprint density at radius 3 is 2.62 bits per heavy atom. The zero-order valence-electron chi connectivity index (χ0n) is 13.2. The molecule has 0 radical (unpaired) electrons. The first-order valence-corrected chi connectivity index (χ1v) is 7.63. The van der Waals surface area contributed by atoms with E-state index >= 15 is 0 Å². The van der Waals surface area contributed by atoms with Crippen molar-refractivity contribution in [1.29, 1.82) is 0 Å². The molecule has 1 aromatic heterocycles. The minimum atomic E-state index is -0.506. The number of aromatic nitrogens is 1. The number of hydrogen-bond acceptors (Lipinski definition) is 3. The minimum absolute atomic E-state index is 0.0400. The molecular weight excluding hydrogens is 328 g/mol. The van der Waals surface area contributed by atoms with Crippen LogP contribution in [0.1, 0.15) is 10.4 Å². The van der Waals surface area contributed by atoms with Crippen molar-refractivity contribution in [2.24, 2.45) is 7.05 Å². The highest BCUT2D eigenvalue weighted by atomic mass is 35.5. The zero-order chi connectivity index (χ0) is 17.3. The van der Waals surface area contributed by atoms with E-state index in [2.05, 4.69) is 5.32 Å². The summed E-state index contributed by atoms with van der Waals surface area (Å²) in [6, 6.07) is 12.0. The number of methoxy groups -OCH3 is 1. The third-order valence-corrected chi connectivity index (χ3v) is 4.08. The zero-order valence-corrected chi connectivity index (χ0v) is 13.9. The number of carbonyl (C=O) groups is 1. The van der Waals surface area contributed by atoms with E-state index in [1.807, 2.05) is 0 Å². The van der Waals surface area contributed by atoms with Gasteiger partial charge in [0.15, 0.2) is 0 Å². The van der Waals surface area contributed by atoms with Crippen LogP contribution in [0.5, 0.6) is 5.75 Å². The molecule has 0 bridgehead atoms. The number of pyridine rings is 1. The van der Waals surface area contributed by atoms with Gasteiger partial charge in [-0.15, -0.1) is 0 Å². The summed E-state index contributed by atoms with van der Waals surface area (Å²) in [6.07, 6.45) is 1.50. The lowest BCUT2D eigenvalue weighted by Crippen LogP contribution is -2.23. The second-order valence-electron chi connectivity index (χ2n) is 5.27. The summed E-state index contributed by atoms with van der Waals surface area (Å²) in [7, 11) is 3.30. The van der Waals surface area contributed by atoms with Gasteiger partial charge in [-0.1, -0.05) is 29.8 Å². The van der Waals surface area contributed by atoms with Gasteiger partial charge >= 0.3 is 0 Å². The van der Waals surface area contributed by atoms with Crippen molar-refractivity contribution in [3.63, 3.8) is 0 Å². The van der Waals surface area contributed by atoms with Crippen molar-refractivity contribution in [2.75, 3.05) is 12.4 Å². The molecule has 0 unspecified atom stereocenters. The molecular formula is C18H15ClN2O3. The first-order valence-electron chi connectivity index (χ1n) is 7.25. The number of amides is 1. The molecule has 6 heteroatoms. The fraction of sp³-hybridized carbons (Fsp3) is 0.111. The predicted octanol–water partition coefficient (Wildman–Crippen LogP) is 3.45. The molecule has 0 fully saturated rings. The van der Waals surface area contributed by atoms with Gasteiger partial charge in [-0.2, -0.15) is 0 Å². The Hall–Kier alpha value is -2.79. The summed E-state index contributed by atoms with van der Waals surface area (Å²) in [5, 5.41) is 3.50. The molecule has 122 valence electrons. The fourth-order valence-corrected chi connectivity index (χ4v) is 2.79. The number of benzene rings is 2. The van der Waals surface area contributed by atoms with Crippen molar-refractivity contribution in [3.05, 3.63) is 69.5 Å². The normalized spacial score (nSPS) is 10.6. The number of hydrogen-bond donors (Lipinski definition) is 1. The van der Waals surface area contributed by atoms with E-state index in [1.165, 1.54) is 13.3 Å². The molecule has 0 atom stereocenters. The summed E-state index contributed by atoms with van der Waals surface area (Å²) in [6.45, 7) is 0. The van der Waals surface area contributed by atoms with E-state index in [4.69, 9.17) is 16.3 Å². The highest BCUT2D eigenvalue weighted by Gasteiger charge is 2.17. The van der Waals surface area contributed by atoms with Crippen LogP contribution in [0.2, 0.25) is 5.02 Å². The number of nitrogens with one attached hydrogen (secondary N) is 1. The first kappa shape index (κ1) is 16.1. The molecule has 3 aromatic rings. The molecule has 0 saturated carbocycles. The number of halogens is 1. The lowest BCUT2D eigenvalue weighted by atomic mass is 10.1. The highest BCUT2D eigenvalue weighted by molar-refractivity contribution is 6.33. The van der Waals surface area contributed by atoms with Crippen molar-refractivity contribution >= 4 is 34.1 Å². The summed E-state index contributed by atoms with van der Waals surface area (Å²) < 4.78 is 7.00. The molecule has 2 aromatic carbocycles. The van der Waals surface area contributed by atoms with Crippen molar-refractivity contribution in [2.45, 2.75) is 0 Å². The minimum Gasteiger partial charge on any atom is -0.495 e. The topological polar surface area (TPSA) is 60.3 Å². The average Bonchev–Trinajstić information content (AvgIpc) is 2.59. The third-order valence-electron chi connectivity index (χ3n) is 3.75. The quantitative estimate of drug-likeness (QED) is 0.793. The van der Waals surface area contributed by atoms with E-state index in [-0.39, 0.29) is 11.0 Å². The van der Waals surface area contributed by atoms with Crippen LogP contribution in [0.25, 0.3) is 10.9 Å². The van der Waals surface area contributed by atoms with Crippen LogP contribution in [0.4, 0.5) is 5.69 Å². The predicted molar refractivity (Wildman–Crippen MR) is 95.1 cm³/mol. The Balaban J connectivity index is 2.11. The molecule has 1 heterocycles. The molecule has 0 aliphatic heterocycles. The standard InChI is InChI=1S/C18H15ClN2O3/c1-21-10-12(18(23)20-14-8-4-3-7-13(14)19)17(22)11-6-5-9-15(24-2)16(11)21/h3-10H,1-2H3,(H,20,23). The Morgan fingerprint density at radius 1 is 1.17 bits per heavy atom. The van der Waals surface area contributed by atoms with Crippen molar-refractivity contribution in [1.82, 2.24) is 4.57 Å². The smallest absolute Gasteiger partial charge is 0.261 e. The first-order chi connectivity index (χ1) is 11.5. The van der Waals surface area contributed by atoms with Gasteiger partial charge in [0, 0.05) is 13.2 Å². The SMILES string of the molecule is COc1cccc2c(=O)c(C(=O)Nc3ccccc3Cl)cn(C)c12. The highest BCUT2D eigenvalue weighted by Crippen LogP contribution is 2.24. The van der Waals surface area contributed by atoms with Crippen LogP contribution in [0.15, 0.2) is 53.5 Å². The van der Waals surface area contributed by atoms with Crippen LogP contribution in [0, 0.1) is 0 Å². The number of nitrogens with zero attached hydrogens (tertiary/aromatic N) is 1. The second-order valence-corrected chi connectivity index (χ2v) is 5.68. The lowest BCUT2D eigenvalue weighted by Gasteiger charge is -2.12. The number of fused-ring (bicyclic) bond motifs is 1. The van der Waals surface area contributed by atoms with Gasteiger partial charge in [-0.3, -0.25) is 9.59 Å². The Kier molecular flexibility index (Phi) is 4.27. The van der Waals surface area contributed by atoms with E-state index in [1.54, 1.807) is 54.1 Å². The molecule has 0 saturated heterocycles. The maximum absolute atomic E-state index is 12.7. The number of carbonyl (C=O) groups excluding carboxylic acids is 1. The Bertz CT molecular complexity index is 995. The molecule has 1 N–H and O–H groups in total. The number of ether oxygens (including phenoxy) is 1. The van der Waals surface area contributed by atoms with E-state index in [0.717, 1.165) is 0 Å². The summed E-state index contributed by atoms with van der Waals surface area (Å²) in [5.74, 6) is 0.0681. The number of rotatable bonds is 3. The maximum atomic E-state index is 12.7. The van der Waals surface area contributed by atoms with Gasteiger partial charge in [0.05, 0.1) is 28.7 Å². The summed E-state index contributed by atoms with van der Waals surface area (Å²) in [5.41, 5.74) is 0.779. The van der Waals surface area contributed by atoms with Gasteiger partial charge in [0.25, 0.3) is 5.91 Å². The number of aryl methyl sites for hydroxylation is 1. The monoisotopic (exact) mass is 342 g/mol.